The lowest BCUT2D eigenvalue weighted by atomic mass is 10.2. The van der Waals surface area contributed by atoms with Crippen LogP contribution in [0.15, 0.2) is 99.4 Å². The molecule has 1 saturated heterocycles. The van der Waals surface area contributed by atoms with E-state index in [-0.39, 0.29) is 19.1 Å². The lowest BCUT2D eigenvalue weighted by Crippen LogP contribution is -2.28. The summed E-state index contributed by atoms with van der Waals surface area (Å²) < 4.78 is 11.3. The molecule has 4 aromatic rings. The van der Waals surface area contributed by atoms with Crippen LogP contribution in [0.25, 0.3) is 6.08 Å². The second kappa shape index (κ2) is 11.5. The van der Waals surface area contributed by atoms with Gasteiger partial charge >= 0.3 is 0 Å². The molecule has 0 atom stereocenters. The molecule has 1 aliphatic rings. The van der Waals surface area contributed by atoms with Crippen LogP contribution in [-0.4, -0.2) is 16.0 Å². The van der Waals surface area contributed by atoms with Crippen LogP contribution in [-0.2, 0) is 17.9 Å². The zero-order chi connectivity index (χ0) is 25.8. The van der Waals surface area contributed by atoms with Gasteiger partial charge in [-0.15, -0.1) is 0 Å². The third kappa shape index (κ3) is 6.05. The maximum absolute atomic E-state index is 13.4. The number of ether oxygens (including phenoxy) is 1. The van der Waals surface area contributed by atoms with Gasteiger partial charge in [0.1, 0.15) is 12.4 Å². The number of furan rings is 1. The second-order valence-corrected chi connectivity index (χ2v) is 10.2. The van der Waals surface area contributed by atoms with Crippen molar-refractivity contribution in [2.45, 2.75) is 13.2 Å². The summed E-state index contributed by atoms with van der Waals surface area (Å²) in [6.45, 7) is 0.479. The van der Waals surface area contributed by atoms with Gasteiger partial charge in [-0.3, -0.25) is 9.69 Å². The van der Waals surface area contributed by atoms with Crippen LogP contribution in [0.2, 0.25) is 15.1 Å². The van der Waals surface area contributed by atoms with E-state index >= 15 is 0 Å². The van der Waals surface area contributed by atoms with Crippen molar-refractivity contribution in [3.8, 4) is 5.75 Å². The molecular weight excluding hydrogens is 551 g/mol. The Morgan fingerprint density at radius 1 is 0.919 bits per heavy atom. The number of hydrogen-bond donors (Lipinski definition) is 0. The fourth-order valence-corrected chi connectivity index (χ4v) is 5.42. The average molecular weight is 570 g/mol. The molecule has 1 fully saturated rings. The van der Waals surface area contributed by atoms with E-state index in [0.29, 0.717) is 42.2 Å². The molecule has 1 aliphatic heterocycles. The quantitative estimate of drug-likeness (QED) is 0.209. The number of carbonyl (C=O) groups is 1. The minimum atomic E-state index is -0.192. The van der Waals surface area contributed by atoms with Crippen LogP contribution < -0.4 is 4.74 Å². The summed E-state index contributed by atoms with van der Waals surface area (Å²) in [7, 11) is 0. The smallest absolute Gasteiger partial charge is 0.267 e. The summed E-state index contributed by atoms with van der Waals surface area (Å²) >= 11 is 20.5. The molecule has 1 amide bonds. The van der Waals surface area contributed by atoms with Gasteiger partial charge in [-0.2, -0.15) is 0 Å². The van der Waals surface area contributed by atoms with Crippen molar-refractivity contribution in [2.75, 3.05) is 0 Å². The Kier molecular flexibility index (Phi) is 7.91. The molecule has 1 aromatic heterocycles. The molecule has 5 rings (SSSR count). The van der Waals surface area contributed by atoms with Crippen LogP contribution in [0.5, 0.6) is 5.75 Å². The zero-order valence-electron chi connectivity index (χ0n) is 19.2. The Labute approximate surface area is 233 Å². The van der Waals surface area contributed by atoms with Gasteiger partial charge in [0.2, 0.25) is 0 Å². The molecule has 0 saturated carbocycles. The molecule has 0 spiro atoms. The predicted octanol–water partition coefficient (Wildman–Crippen LogP) is 8.62. The first-order valence-electron chi connectivity index (χ1n) is 11.2. The van der Waals surface area contributed by atoms with E-state index in [9.17, 15) is 4.79 Å². The highest BCUT2D eigenvalue weighted by molar-refractivity contribution is 8.18. The normalized spacial score (nSPS) is 15.6. The Morgan fingerprint density at radius 2 is 1.65 bits per heavy atom. The number of thioether (sulfide) groups is 1. The van der Waals surface area contributed by atoms with Crippen molar-refractivity contribution in [1.82, 2.24) is 4.90 Å². The van der Waals surface area contributed by atoms with Crippen LogP contribution in [0.1, 0.15) is 16.9 Å². The lowest BCUT2D eigenvalue weighted by molar-refractivity contribution is -0.122. The van der Waals surface area contributed by atoms with E-state index in [4.69, 9.17) is 48.9 Å². The van der Waals surface area contributed by atoms with Gasteiger partial charge in [-0.1, -0.05) is 71.2 Å². The summed E-state index contributed by atoms with van der Waals surface area (Å²) in [4.78, 5) is 20.1. The molecule has 0 bridgehead atoms. The largest absolute Gasteiger partial charge is 0.486 e. The summed E-state index contributed by atoms with van der Waals surface area (Å²) in [5.74, 6) is 0.811. The molecule has 0 unspecified atom stereocenters. The number of benzene rings is 3. The number of amides is 1. The van der Waals surface area contributed by atoms with Gasteiger partial charge in [-0.25, -0.2) is 4.99 Å². The lowest BCUT2D eigenvalue weighted by Gasteiger charge is -2.13. The van der Waals surface area contributed by atoms with Crippen LogP contribution in [0.4, 0.5) is 5.69 Å². The third-order valence-electron chi connectivity index (χ3n) is 5.41. The Morgan fingerprint density at radius 3 is 2.35 bits per heavy atom. The van der Waals surface area contributed by atoms with E-state index in [1.807, 2.05) is 54.6 Å². The molecule has 9 heteroatoms. The minimum absolute atomic E-state index is 0.192. The first-order chi connectivity index (χ1) is 18.0. The molecule has 5 nitrogen and oxygen atoms in total. The minimum Gasteiger partial charge on any atom is -0.486 e. The molecule has 37 heavy (non-hydrogen) atoms. The summed E-state index contributed by atoms with van der Waals surface area (Å²) in [6.07, 6.45) is 3.32. The average Bonchev–Trinajstić information content (AvgIpc) is 3.50. The number of nitrogens with zero attached hydrogens (tertiary/aromatic N) is 2. The van der Waals surface area contributed by atoms with Gasteiger partial charge in [0.25, 0.3) is 5.91 Å². The fourth-order valence-electron chi connectivity index (χ4n) is 3.62. The molecule has 3 aromatic carbocycles. The summed E-state index contributed by atoms with van der Waals surface area (Å²) in [6, 6.07) is 23.9. The van der Waals surface area contributed by atoms with Crippen molar-refractivity contribution in [3.63, 3.8) is 0 Å². The first kappa shape index (κ1) is 25.5. The molecule has 0 N–H and O–H groups in total. The Bertz CT molecular complexity index is 1460. The third-order valence-corrected chi connectivity index (χ3v) is 7.35. The van der Waals surface area contributed by atoms with Crippen molar-refractivity contribution in [2.24, 2.45) is 4.99 Å². The van der Waals surface area contributed by atoms with Gasteiger partial charge in [-0.05, 0) is 65.9 Å². The summed E-state index contributed by atoms with van der Waals surface area (Å²) in [5.41, 5.74) is 2.22. The number of para-hydroxylation sites is 1. The maximum Gasteiger partial charge on any atom is 0.267 e. The maximum atomic E-state index is 13.4. The predicted molar refractivity (Wildman–Crippen MR) is 151 cm³/mol. The highest BCUT2D eigenvalue weighted by atomic mass is 35.5. The Balaban J connectivity index is 1.41. The number of hydrogen-bond acceptors (Lipinski definition) is 5. The molecular formula is C28H19Cl3N2O3S. The molecule has 2 heterocycles. The van der Waals surface area contributed by atoms with Crippen molar-refractivity contribution in [1.29, 1.82) is 0 Å². The van der Waals surface area contributed by atoms with Crippen molar-refractivity contribution in [3.05, 3.63) is 122 Å². The van der Waals surface area contributed by atoms with Gasteiger partial charge < -0.3 is 9.15 Å². The summed E-state index contributed by atoms with van der Waals surface area (Å²) in [5, 5.41) is 1.80. The van der Waals surface area contributed by atoms with Crippen molar-refractivity contribution >= 4 is 69.4 Å². The number of aliphatic imine (C=N–C) groups is 1. The van der Waals surface area contributed by atoms with Gasteiger partial charge in [0, 0.05) is 10.6 Å². The standard InChI is InChI=1S/C28H19Cl3N2O3S/c29-22-11-5-4-7-19(22)17-36-26-23(30)13-18(14-24(26)31)15-25-27(34)33(16-21-10-6-12-35-21)28(37-25)32-20-8-2-1-3-9-20/h1-15H,16-17H2. The van der Waals surface area contributed by atoms with E-state index in [2.05, 4.69) is 0 Å². The monoisotopic (exact) mass is 568 g/mol. The fraction of sp³-hybridized carbons (Fsp3) is 0.0714. The SMILES string of the molecule is O=C1C(=Cc2cc(Cl)c(OCc3ccccc3Cl)c(Cl)c2)SC(=Nc2ccccc2)N1Cc1ccco1. The van der Waals surface area contributed by atoms with Crippen LogP contribution >= 0.6 is 46.6 Å². The number of rotatable bonds is 7. The number of carbonyl (C=O) groups excluding carboxylic acids is 1. The van der Waals surface area contributed by atoms with Crippen LogP contribution in [0.3, 0.4) is 0 Å². The van der Waals surface area contributed by atoms with Gasteiger partial charge in [0.05, 0.1) is 33.4 Å². The zero-order valence-corrected chi connectivity index (χ0v) is 22.3. The highest BCUT2D eigenvalue weighted by Crippen LogP contribution is 2.39. The molecule has 186 valence electrons. The number of halogens is 3. The number of amidine groups is 1. The second-order valence-electron chi connectivity index (χ2n) is 8.00. The van der Waals surface area contributed by atoms with E-state index in [0.717, 1.165) is 11.3 Å². The molecule has 0 radical (unpaired) electrons. The Hall–Kier alpha value is -3.16. The van der Waals surface area contributed by atoms with Gasteiger partial charge in [0.15, 0.2) is 10.9 Å². The van der Waals surface area contributed by atoms with Crippen LogP contribution in [0, 0.1) is 0 Å². The van der Waals surface area contributed by atoms with E-state index in [1.54, 1.807) is 41.5 Å². The topological polar surface area (TPSA) is 55.0 Å². The van der Waals surface area contributed by atoms with E-state index < -0.39 is 0 Å². The highest BCUT2D eigenvalue weighted by Gasteiger charge is 2.34. The first-order valence-corrected chi connectivity index (χ1v) is 13.2. The van der Waals surface area contributed by atoms with Crippen molar-refractivity contribution < 1.29 is 13.9 Å². The van der Waals surface area contributed by atoms with E-state index in [1.165, 1.54) is 11.8 Å². The molecule has 0 aliphatic carbocycles.